The molecule has 0 spiro atoms. The summed E-state index contributed by atoms with van der Waals surface area (Å²) in [5.41, 5.74) is 2.81. The summed E-state index contributed by atoms with van der Waals surface area (Å²) >= 11 is 0. The van der Waals surface area contributed by atoms with E-state index in [9.17, 15) is 0 Å². The quantitative estimate of drug-likeness (QED) is 0.442. The molecule has 3 heteroatoms. The van der Waals surface area contributed by atoms with Crippen LogP contribution in [-0.4, -0.2) is 9.78 Å². The highest BCUT2D eigenvalue weighted by Crippen LogP contribution is 2.19. The van der Waals surface area contributed by atoms with Gasteiger partial charge in [0.15, 0.2) is 0 Å². The molecule has 0 amide bonds. The van der Waals surface area contributed by atoms with Crippen molar-refractivity contribution < 1.29 is 4.57 Å². The molecule has 0 aliphatic carbocycles. The molecule has 0 bridgehead atoms. The molecule has 0 saturated carbocycles. The summed E-state index contributed by atoms with van der Waals surface area (Å²) in [7, 11) is 2.13. The van der Waals surface area contributed by atoms with E-state index in [1.165, 1.54) is 17.0 Å². The number of benzene rings is 1. The number of aromatic nitrogens is 3. The molecule has 0 saturated heterocycles. The molecule has 2 aromatic rings. The predicted molar refractivity (Wildman–Crippen MR) is 115 cm³/mol. The third-order valence-electron chi connectivity index (χ3n) is 4.58. The van der Waals surface area contributed by atoms with Gasteiger partial charge in [-0.3, -0.25) is 0 Å². The van der Waals surface area contributed by atoms with Crippen LogP contribution >= 0.6 is 0 Å². The van der Waals surface area contributed by atoms with Gasteiger partial charge < -0.3 is 0 Å². The highest BCUT2D eigenvalue weighted by molar-refractivity contribution is 5.52. The molecule has 1 heterocycles. The molecule has 27 heavy (non-hydrogen) atoms. The Hall–Kier alpha value is -2.16. The first kappa shape index (κ1) is 21.1. The molecular weight excluding hydrogens is 330 g/mol. The minimum Gasteiger partial charge on any atom is -0.231 e. The van der Waals surface area contributed by atoms with Crippen molar-refractivity contribution in [3.05, 3.63) is 60.0 Å². The Labute approximate surface area is 165 Å². The number of aryl methyl sites for hydroxylation is 1. The van der Waals surface area contributed by atoms with Gasteiger partial charge in [-0.05, 0) is 43.7 Å². The maximum absolute atomic E-state index is 4.92. The van der Waals surface area contributed by atoms with Crippen LogP contribution in [0.4, 0.5) is 0 Å². The van der Waals surface area contributed by atoms with Crippen molar-refractivity contribution in [1.82, 2.24) is 9.78 Å². The normalized spacial score (nSPS) is 12.5. The van der Waals surface area contributed by atoms with E-state index < -0.39 is 0 Å². The predicted octanol–water partition coefficient (Wildman–Crippen LogP) is 5.57. The lowest BCUT2D eigenvalue weighted by Gasteiger charge is -2.14. The summed E-state index contributed by atoms with van der Waals surface area (Å²) in [4.78, 5) is 0. The highest BCUT2D eigenvalue weighted by atomic mass is 15.4. The van der Waals surface area contributed by atoms with Crippen molar-refractivity contribution in [3.8, 4) is 11.4 Å². The van der Waals surface area contributed by atoms with Gasteiger partial charge in [-0.25, -0.2) is 4.57 Å². The number of hydrogen-bond donors (Lipinski definition) is 0. The van der Waals surface area contributed by atoms with Crippen LogP contribution in [-0.2, 0) is 20.0 Å². The standard InChI is InChI=1S/C24H36N3/c1-7-14-22-26(6)23(21-16-13-15-20(2)19-21)25-27(22)18-12-10-8-9-11-17-24(3,4)5/h9-13,15-16,19H,7-8,14,17-18H2,1-6H3/q+1/b11-9-,12-10+. The number of hydrogen-bond acceptors (Lipinski definition) is 1. The van der Waals surface area contributed by atoms with Crippen LogP contribution < -0.4 is 4.57 Å². The minimum atomic E-state index is 0.366. The van der Waals surface area contributed by atoms with Gasteiger partial charge in [-0.15, -0.1) is 4.68 Å². The molecule has 146 valence electrons. The lowest BCUT2D eigenvalue weighted by Crippen LogP contribution is -2.34. The van der Waals surface area contributed by atoms with Crippen molar-refractivity contribution in [2.45, 2.75) is 66.8 Å². The summed E-state index contributed by atoms with van der Waals surface area (Å²) in [6.07, 6.45) is 13.3. The highest BCUT2D eigenvalue weighted by Gasteiger charge is 2.23. The van der Waals surface area contributed by atoms with Gasteiger partial charge in [0.1, 0.15) is 6.54 Å². The van der Waals surface area contributed by atoms with Gasteiger partial charge in [0, 0.05) is 11.5 Å². The lowest BCUT2D eigenvalue weighted by atomic mass is 9.92. The van der Waals surface area contributed by atoms with Gasteiger partial charge in [0.05, 0.1) is 12.6 Å². The van der Waals surface area contributed by atoms with E-state index in [-0.39, 0.29) is 0 Å². The summed E-state index contributed by atoms with van der Waals surface area (Å²) in [5.74, 6) is 2.32. The van der Waals surface area contributed by atoms with Crippen LogP contribution in [0.15, 0.2) is 48.6 Å². The zero-order chi connectivity index (χ0) is 19.9. The van der Waals surface area contributed by atoms with Gasteiger partial charge in [0.2, 0.25) is 5.82 Å². The van der Waals surface area contributed by atoms with E-state index in [0.29, 0.717) is 5.41 Å². The SMILES string of the molecule is CCCc1n(C/C=C/C/C=C\CC(C)(C)C)nc(-c2cccc(C)c2)[n+]1C. The molecule has 1 aromatic carbocycles. The minimum absolute atomic E-state index is 0.366. The Balaban J connectivity index is 2.09. The fraction of sp³-hybridized carbons (Fsp3) is 0.500. The monoisotopic (exact) mass is 366 g/mol. The van der Waals surface area contributed by atoms with Crippen molar-refractivity contribution in [1.29, 1.82) is 0 Å². The number of nitrogens with zero attached hydrogens (tertiary/aromatic N) is 3. The molecule has 0 N–H and O–H groups in total. The van der Waals surface area contributed by atoms with E-state index in [4.69, 9.17) is 5.10 Å². The van der Waals surface area contributed by atoms with Crippen LogP contribution in [0.3, 0.4) is 0 Å². The largest absolute Gasteiger partial charge is 0.308 e. The fourth-order valence-corrected chi connectivity index (χ4v) is 3.12. The summed E-state index contributed by atoms with van der Waals surface area (Å²) in [6, 6.07) is 8.58. The first-order chi connectivity index (χ1) is 12.8. The summed E-state index contributed by atoms with van der Waals surface area (Å²) in [5, 5.41) is 4.92. The molecule has 0 atom stereocenters. The van der Waals surface area contributed by atoms with Gasteiger partial charge in [0.25, 0.3) is 0 Å². The maximum atomic E-state index is 4.92. The fourth-order valence-electron chi connectivity index (χ4n) is 3.12. The second-order valence-electron chi connectivity index (χ2n) is 8.54. The Morgan fingerprint density at radius 2 is 1.85 bits per heavy atom. The smallest absolute Gasteiger partial charge is 0.231 e. The summed E-state index contributed by atoms with van der Waals surface area (Å²) < 4.78 is 4.39. The zero-order valence-electron chi connectivity index (χ0n) is 18.0. The van der Waals surface area contributed by atoms with Crippen molar-refractivity contribution in [2.75, 3.05) is 0 Å². The van der Waals surface area contributed by atoms with Crippen LogP contribution in [0.25, 0.3) is 11.4 Å². The lowest BCUT2D eigenvalue weighted by molar-refractivity contribution is -0.669. The molecule has 0 fully saturated rings. The Morgan fingerprint density at radius 3 is 2.52 bits per heavy atom. The first-order valence-electron chi connectivity index (χ1n) is 10.1. The van der Waals surface area contributed by atoms with E-state index in [1.807, 2.05) is 0 Å². The third-order valence-corrected chi connectivity index (χ3v) is 4.58. The van der Waals surface area contributed by atoms with E-state index >= 15 is 0 Å². The van der Waals surface area contributed by atoms with Crippen LogP contribution in [0.2, 0.25) is 0 Å². The molecule has 1 aromatic heterocycles. The number of rotatable bonds is 8. The van der Waals surface area contributed by atoms with Crippen LogP contribution in [0.1, 0.15) is 58.3 Å². The molecule has 0 unspecified atom stereocenters. The number of allylic oxidation sites excluding steroid dienone is 4. The van der Waals surface area contributed by atoms with E-state index in [0.717, 1.165) is 38.1 Å². The van der Waals surface area contributed by atoms with Gasteiger partial charge in [-0.2, -0.15) is 0 Å². The van der Waals surface area contributed by atoms with E-state index in [2.05, 4.69) is 99.5 Å². The van der Waals surface area contributed by atoms with Gasteiger partial charge in [-0.1, -0.05) is 69.7 Å². The van der Waals surface area contributed by atoms with Gasteiger partial charge >= 0.3 is 5.82 Å². The molecule has 0 aliphatic rings. The molecule has 3 nitrogen and oxygen atoms in total. The summed E-state index contributed by atoms with van der Waals surface area (Å²) in [6.45, 7) is 12.0. The molecule has 0 radical (unpaired) electrons. The second kappa shape index (κ2) is 9.68. The zero-order valence-corrected chi connectivity index (χ0v) is 18.0. The molecule has 2 rings (SSSR count). The second-order valence-corrected chi connectivity index (χ2v) is 8.54. The van der Waals surface area contributed by atoms with Crippen molar-refractivity contribution >= 4 is 0 Å². The van der Waals surface area contributed by atoms with Crippen molar-refractivity contribution in [2.24, 2.45) is 12.5 Å². The Morgan fingerprint density at radius 1 is 1.11 bits per heavy atom. The van der Waals surface area contributed by atoms with Crippen molar-refractivity contribution in [3.63, 3.8) is 0 Å². The third kappa shape index (κ3) is 6.50. The Kier molecular flexibility index (Phi) is 7.58. The van der Waals surface area contributed by atoms with Crippen LogP contribution in [0, 0.1) is 12.3 Å². The van der Waals surface area contributed by atoms with Crippen LogP contribution in [0.5, 0.6) is 0 Å². The first-order valence-corrected chi connectivity index (χ1v) is 10.1. The Bertz CT molecular complexity index is 788. The van der Waals surface area contributed by atoms with E-state index in [1.54, 1.807) is 0 Å². The average molecular weight is 367 g/mol. The molecular formula is C24H36N3+. The molecule has 0 aliphatic heterocycles. The maximum Gasteiger partial charge on any atom is 0.308 e. The topological polar surface area (TPSA) is 21.7 Å². The average Bonchev–Trinajstić information content (AvgIpc) is 2.90.